The highest BCUT2D eigenvalue weighted by atomic mass is 32.1. The first kappa shape index (κ1) is 27.1. The molecule has 1 aliphatic carbocycles. The van der Waals surface area contributed by atoms with Crippen LogP contribution in [0.5, 0.6) is 23.0 Å². The summed E-state index contributed by atoms with van der Waals surface area (Å²) in [5, 5.41) is 10.4. The molecule has 10 heteroatoms. The summed E-state index contributed by atoms with van der Waals surface area (Å²) in [6.07, 6.45) is 2.24. The zero-order valence-electron chi connectivity index (χ0n) is 22.3. The lowest BCUT2D eigenvalue weighted by atomic mass is 9.89. The molecule has 0 bridgehead atoms. The van der Waals surface area contributed by atoms with Crippen LogP contribution in [0.1, 0.15) is 34.3 Å². The molecule has 1 aliphatic rings. The van der Waals surface area contributed by atoms with Gasteiger partial charge in [0.15, 0.2) is 17.3 Å². The Balaban J connectivity index is 1.65. The molecule has 3 aromatic carbocycles. The number of rotatable bonds is 12. The molecule has 0 unspecified atom stereocenters. The van der Waals surface area contributed by atoms with Crippen molar-refractivity contribution in [3.8, 4) is 23.0 Å². The van der Waals surface area contributed by atoms with Gasteiger partial charge in [0.2, 0.25) is 5.75 Å². The highest BCUT2D eigenvalue weighted by molar-refractivity contribution is 7.00. The van der Waals surface area contributed by atoms with E-state index in [1.54, 1.807) is 54.6 Å². The summed E-state index contributed by atoms with van der Waals surface area (Å²) in [6, 6.07) is 15.1. The van der Waals surface area contributed by atoms with Crippen LogP contribution in [0.15, 0.2) is 60.2 Å². The monoisotopic (exact) mass is 560 g/mol. The van der Waals surface area contributed by atoms with E-state index in [9.17, 15) is 14.7 Å². The maximum atomic E-state index is 14.0. The van der Waals surface area contributed by atoms with E-state index >= 15 is 0 Å². The number of hydrogen-bond donors (Lipinski definition) is 1. The molecule has 0 aliphatic heterocycles. The quantitative estimate of drug-likeness (QED) is 0.178. The van der Waals surface area contributed by atoms with Crippen molar-refractivity contribution < 1.29 is 33.6 Å². The Morgan fingerprint density at radius 2 is 1.62 bits per heavy atom. The zero-order chi connectivity index (χ0) is 28.2. The van der Waals surface area contributed by atoms with Crippen LogP contribution in [0.25, 0.3) is 16.6 Å². The molecule has 0 spiro atoms. The topological polar surface area (TPSA) is 117 Å². The molecule has 0 atom stereocenters. The Bertz CT molecular complexity index is 1580. The minimum absolute atomic E-state index is 0.0132. The number of ether oxygens (including phenoxy) is 4. The van der Waals surface area contributed by atoms with Crippen molar-refractivity contribution in [3.05, 3.63) is 76.9 Å². The van der Waals surface area contributed by atoms with Crippen molar-refractivity contribution in [2.24, 2.45) is 5.92 Å². The number of aliphatic carboxylic acids is 1. The van der Waals surface area contributed by atoms with Crippen molar-refractivity contribution >= 4 is 40.1 Å². The van der Waals surface area contributed by atoms with Gasteiger partial charge in [0, 0.05) is 17.6 Å². The number of methoxy groups -OCH3 is 3. The van der Waals surface area contributed by atoms with Crippen molar-refractivity contribution in [1.29, 1.82) is 0 Å². The van der Waals surface area contributed by atoms with Crippen LogP contribution in [0.2, 0.25) is 0 Å². The number of aromatic nitrogens is 2. The molecule has 1 saturated carbocycles. The maximum absolute atomic E-state index is 14.0. The van der Waals surface area contributed by atoms with Gasteiger partial charge >= 0.3 is 5.97 Å². The van der Waals surface area contributed by atoms with Gasteiger partial charge in [0.1, 0.15) is 16.8 Å². The van der Waals surface area contributed by atoms with Crippen molar-refractivity contribution in [2.45, 2.75) is 19.3 Å². The molecule has 1 aromatic heterocycles. The number of Topliss-reactive ketones (excluding diaryl/α,β-unsaturated/α-hetero) is 1. The summed E-state index contributed by atoms with van der Waals surface area (Å²) in [5.41, 5.74) is 2.42. The molecule has 1 heterocycles. The van der Waals surface area contributed by atoms with E-state index in [4.69, 9.17) is 18.9 Å². The highest BCUT2D eigenvalue weighted by Crippen LogP contribution is 2.41. The van der Waals surface area contributed by atoms with Gasteiger partial charge in [-0.15, -0.1) is 0 Å². The fraction of sp³-hybridized carbons (Fsp3) is 0.267. The summed E-state index contributed by atoms with van der Waals surface area (Å²) in [4.78, 5) is 26.8. The summed E-state index contributed by atoms with van der Waals surface area (Å²) >= 11 is 1.04. The van der Waals surface area contributed by atoms with Gasteiger partial charge in [-0.25, -0.2) is 4.79 Å². The first-order valence-corrected chi connectivity index (χ1v) is 13.4. The number of nitrogens with zero attached hydrogens (tertiary/aromatic N) is 2. The van der Waals surface area contributed by atoms with E-state index in [0.717, 1.165) is 24.6 Å². The number of hydrogen-bond acceptors (Lipinski definition) is 9. The molecule has 206 valence electrons. The van der Waals surface area contributed by atoms with Gasteiger partial charge in [-0.2, -0.15) is 8.75 Å². The number of benzene rings is 3. The minimum Gasteiger partial charge on any atom is -0.497 e. The lowest BCUT2D eigenvalue weighted by Crippen LogP contribution is -2.14. The second kappa shape index (κ2) is 11.7. The number of ketones is 1. The third-order valence-corrected chi connectivity index (χ3v) is 7.28. The van der Waals surface area contributed by atoms with Crippen LogP contribution < -0.4 is 18.9 Å². The van der Waals surface area contributed by atoms with Gasteiger partial charge in [-0.1, -0.05) is 18.2 Å². The molecule has 0 radical (unpaired) electrons. The third-order valence-electron chi connectivity index (χ3n) is 6.73. The number of carboxylic acid groups (broad SMARTS) is 1. The Hall–Kier alpha value is -4.44. The molecular weight excluding hydrogens is 532 g/mol. The summed E-state index contributed by atoms with van der Waals surface area (Å²) < 4.78 is 31.0. The molecule has 4 aromatic rings. The number of carbonyl (C=O) groups is 2. The number of carbonyl (C=O) groups excluding carboxylic acids is 1. The lowest BCUT2D eigenvalue weighted by molar-refractivity contribution is -0.130. The molecule has 0 saturated heterocycles. The van der Waals surface area contributed by atoms with Gasteiger partial charge in [-0.05, 0) is 66.3 Å². The number of carboxylic acids is 1. The fourth-order valence-electron chi connectivity index (χ4n) is 4.45. The van der Waals surface area contributed by atoms with E-state index in [1.807, 2.05) is 0 Å². The predicted octanol–water partition coefficient (Wildman–Crippen LogP) is 5.47. The second-order valence-corrected chi connectivity index (χ2v) is 9.98. The van der Waals surface area contributed by atoms with Crippen molar-refractivity contribution in [1.82, 2.24) is 8.75 Å². The lowest BCUT2D eigenvalue weighted by Gasteiger charge is -2.18. The van der Waals surface area contributed by atoms with E-state index in [-0.39, 0.29) is 17.6 Å². The standard InChI is InChI=1S/C30H28N2O7S/c1-36-21-6-4-5-20(14-21)28(33)22(27(30(34)35)19-9-10-23-24(15-19)32-40-31-23)11-18-12-25(37-2)29(26(13-18)38-3)39-16-17-7-8-17/h4-6,9-10,12-15,17H,7-8,11,16H2,1-3H3,(H,34,35). The third kappa shape index (κ3) is 5.76. The van der Waals surface area contributed by atoms with Crippen LogP contribution >= 0.6 is 11.7 Å². The fourth-order valence-corrected chi connectivity index (χ4v) is 4.97. The normalized spacial score (nSPS) is 13.5. The average molecular weight is 561 g/mol. The van der Waals surface area contributed by atoms with E-state index in [2.05, 4.69) is 8.75 Å². The molecule has 9 nitrogen and oxygen atoms in total. The van der Waals surface area contributed by atoms with Crippen LogP contribution in [0, 0.1) is 5.92 Å². The molecular formula is C30H28N2O7S. The van der Waals surface area contributed by atoms with Gasteiger partial charge in [0.25, 0.3) is 0 Å². The highest BCUT2D eigenvalue weighted by Gasteiger charge is 2.27. The zero-order valence-corrected chi connectivity index (χ0v) is 23.1. The van der Waals surface area contributed by atoms with Crippen LogP contribution in [-0.4, -0.2) is 53.5 Å². The average Bonchev–Trinajstić information content (AvgIpc) is 3.69. The summed E-state index contributed by atoms with van der Waals surface area (Å²) in [5.74, 6) is 0.678. The van der Waals surface area contributed by atoms with E-state index in [0.29, 0.717) is 63.2 Å². The van der Waals surface area contributed by atoms with Gasteiger partial charge in [-0.3, -0.25) is 4.79 Å². The Morgan fingerprint density at radius 3 is 2.27 bits per heavy atom. The Kier molecular flexibility index (Phi) is 7.97. The molecule has 40 heavy (non-hydrogen) atoms. The molecule has 5 rings (SSSR count). The van der Waals surface area contributed by atoms with Crippen LogP contribution in [0.4, 0.5) is 0 Å². The minimum atomic E-state index is -1.24. The van der Waals surface area contributed by atoms with E-state index in [1.165, 1.54) is 21.3 Å². The predicted molar refractivity (Wildman–Crippen MR) is 151 cm³/mol. The molecule has 1 N–H and O–H groups in total. The first-order valence-electron chi connectivity index (χ1n) is 12.7. The van der Waals surface area contributed by atoms with Gasteiger partial charge < -0.3 is 24.1 Å². The number of allylic oxidation sites excluding steroid dienone is 1. The van der Waals surface area contributed by atoms with Gasteiger partial charge in [0.05, 0.1) is 45.2 Å². The smallest absolute Gasteiger partial charge is 0.336 e. The van der Waals surface area contributed by atoms with E-state index < -0.39 is 11.8 Å². The SMILES string of the molecule is COc1cccc(C(=O)C(Cc2cc(OC)c(OCC3CC3)c(OC)c2)=C(C(=O)O)c2ccc3nsnc3c2)c1. The van der Waals surface area contributed by atoms with Crippen LogP contribution in [-0.2, 0) is 11.2 Å². The molecule has 0 amide bonds. The number of fused-ring (bicyclic) bond motifs is 1. The molecule has 1 fully saturated rings. The summed E-state index contributed by atoms with van der Waals surface area (Å²) in [7, 11) is 4.56. The summed E-state index contributed by atoms with van der Waals surface area (Å²) in [6.45, 7) is 0.558. The maximum Gasteiger partial charge on any atom is 0.336 e. The Morgan fingerprint density at radius 1 is 0.900 bits per heavy atom. The van der Waals surface area contributed by atoms with Crippen LogP contribution in [0.3, 0.4) is 0 Å². The van der Waals surface area contributed by atoms with Crippen molar-refractivity contribution in [2.75, 3.05) is 27.9 Å². The first-order chi connectivity index (χ1) is 19.4. The van der Waals surface area contributed by atoms with Crippen molar-refractivity contribution in [3.63, 3.8) is 0 Å². The Labute approximate surface area is 235 Å². The second-order valence-electron chi connectivity index (χ2n) is 9.45. The largest absolute Gasteiger partial charge is 0.497 e.